The highest BCUT2D eigenvalue weighted by molar-refractivity contribution is 7.89. The molecule has 0 atom stereocenters. The maximum Gasteiger partial charge on any atom is 0.240 e. The average Bonchev–Trinajstić information content (AvgIpc) is 3.26. The van der Waals surface area contributed by atoms with E-state index in [9.17, 15) is 12.8 Å². The first-order valence-corrected chi connectivity index (χ1v) is 10.7. The van der Waals surface area contributed by atoms with Gasteiger partial charge in [0.05, 0.1) is 12.0 Å². The molecule has 1 aromatic carbocycles. The number of benzene rings is 1. The highest BCUT2D eigenvalue weighted by Crippen LogP contribution is 2.29. The van der Waals surface area contributed by atoms with Gasteiger partial charge in [-0.1, -0.05) is 0 Å². The smallest absolute Gasteiger partial charge is 0.240 e. The summed E-state index contributed by atoms with van der Waals surface area (Å²) in [6.45, 7) is 0.250. The van der Waals surface area contributed by atoms with Crippen molar-refractivity contribution in [2.75, 3.05) is 13.7 Å². The molecule has 0 unspecified atom stereocenters. The Hall–Kier alpha value is -1.74. The minimum atomic E-state index is -3.75. The Morgan fingerprint density at radius 1 is 1.20 bits per heavy atom. The number of methoxy groups -OCH3 is 1. The third-order valence-corrected chi connectivity index (χ3v) is 6.90. The fourth-order valence-corrected chi connectivity index (χ4v) is 5.06. The lowest BCUT2D eigenvalue weighted by Gasteiger charge is -2.08. The topological polar surface area (TPSA) is 55.4 Å². The van der Waals surface area contributed by atoms with E-state index in [2.05, 4.69) is 16.2 Å². The second-order valence-electron chi connectivity index (χ2n) is 5.22. The van der Waals surface area contributed by atoms with Crippen molar-refractivity contribution in [3.05, 3.63) is 57.9 Å². The van der Waals surface area contributed by atoms with Crippen LogP contribution in [0.3, 0.4) is 0 Å². The van der Waals surface area contributed by atoms with Gasteiger partial charge in [0, 0.05) is 21.9 Å². The Morgan fingerprint density at radius 3 is 2.72 bits per heavy atom. The van der Waals surface area contributed by atoms with Crippen molar-refractivity contribution < 1.29 is 17.5 Å². The highest BCUT2D eigenvalue weighted by Gasteiger charge is 2.16. The van der Waals surface area contributed by atoms with Crippen molar-refractivity contribution in [2.24, 2.45) is 0 Å². The van der Waals surface area contributed by atoms with Crippen molar-refractivity contribution in [2.45, 2.75) is 11.3 Å². The Morgan fingerprint density at radius 2 is 2.04 bits per heavy atom. The lowest BCUT2D eigenvalue weighted by atomic mass is 10.3. The van der Waals surface area contributed by atoms with E-state index in [0.717, 1.165) is 15.8 Å². The van der Waals surface area contributed by atoms with Gasteiger partial charge in [0.1, 0.15) is 0 Å². The van der Waals surface area contributed by atoms with Crippen LogP contribution in [-0.4, -0.2) is 22.1 Å². The Kier molecular flexibility index (Phi) is 5.53. The lowest BCUT2D eigenvalue weighted by Crippen LogP contribution is -2.25. The molecule has 0 bridgehead atoms. The molecule has 0 saturated carbocycles. The predicted molar refractivity (Wildman–Crippen MR) is 99.5 cm³/mol. The second kappa shape index (κ2) is 7.65. The molecule has 0 aliphatic rings. The minimum absolute atomic E-state index is 0.0125. The number of sulfonamides is 1. The zero-order valence-corrected chi connectivity index (χ0v) is 15.8. The van der Waals surface area contributed by atoms with Gasteiger partial charge in [-0.2, -0.15) is 11.3 Å². The van der Waals surface area contributed by atoms with Crippen molar-refractivity contribution in [1.82, 2.24) is 4.72 Å². The van der Waals surface area contributed by atoms with Crippen LogP contribution in [0, 0.1) is 5.82 Å². The monoisotopic (exact) mass is 397 g/mol. The number of nitrogens with one attached hydrogen (secondary N) is 1. The van der Waals surface area contributed by atoms with E-state index in [1.807, 2.05) is 17.5 Å². The van der Waals surface area contributed by atoms with Gasteiger partial charge in [-0.3, -0.25) is 0 Å². The Balaban J connectivity index is 1.62. The highest BCUT2D eigenvalue weighted by atomic mass is 32.2. The van der Waals surface area contributed by atoms with Gasteiger partial charge in [-0.15, -0.1) is 11.3 Å². The van der Waals surface area contributed by atoms with Crippen molar-refractivity contribution in [3.8, 4) is 16.2 Å². The summed E-state index contributed by atoms with van der Waals surface area (Å²) in [4.78, 5) is 2.14. The summed E-state index contributed by atoms with van der Waals surface area (Å²) in [5.74, 6) is -0.692. The van der Waals surface area contributed by atoms with Crippen LogP contribution in [0.2, 0.25) is 0 Å². The van der Waals surface area contributed by atoms with Gasteiger partial charge in [0.2, 0.25) is 10.0 Å². The molecule has 2 aromatic heterocycles. The third kappa shape index (κ3) is 4.27. The SMILES string of the molecule is COc1ccc(S(=O)(=O)NCCc2ccc(-c3ccsc3)s2)cc1F. The van der Waals surface area contributed by atoms with Gasteiger partial charge in [0.25, 0.3) is 0 Å². The number of ether oxygens (including phenoxy) is 1. The molecule has 4 nitrogen and oxygen atoms in total. The van der Waals surface area contributed by atoms with Crippen LogP contribution in [0.5, 0.6) is 5.75 Å². The molecule has 0 saturated heterocycles. The first-order chi connectivity index (χ1) is 12.0. The number of hydrogen-bond donors (Lipinski definition) is 1. The van der Waals surface area contributed by atoms with Crippen LogP contribution >= 0.6 is 22.7 Å². The minimum Gasteiger partial charge on any atom is -0.494 e. The van der Waals surface area contributed by atoms with E-state index in [-0.39, 0.29) is 17.2 Å². The van der Waals surface area contributed by atoms with Crippen molar-refractivity contribution in [3.63, 3.8) is 0 Å². The van der Waals surface area contributed by atoms with Gasteiger partial charge in [-0.25, -0.2) is 17.5 Å². The van der Waals surface area contributed by atoms with E-state index in [1.165, 1.54) is 24.8 Å². The molecule has 3 rings (SSSR count). The Labute approximate surface area is 154 Å². The van der Waals surface area contributed by atoms with Gasteiger partial charge >= 0.3 is 0 Å². The fourth-order valence-electron chi connectivity index (χ4n) is 2.28. The molecule has 3 aromatic rings. The van der Waals surface area contributed by atoms with E-state index in [4.69, 9.17) is 4.74 Å². The summed E-state index contributed by atoms with van der Waals surface area (Å²) >= 11 is 3.28. The molecule has 1 N–H and O–H groups in total. The standard InChI is InChI=1S/C17H16FNO3S3/c1-22-16-4-3-14(10-15(16)18)25(20,21)19-8-6-13-2-5-17(24-13)12-7-9-23-11-12/h2-5,7,9-11,19H,6,8H2,1H3. The molecule has 0 radical (unpaired) electrons. The second-order valence-corrected chi connectivity index (χ2v) is 8.94. The van der Waals surface area contributed by atoms with Crippen LogP contribution in [0.1, 0.15) is 4.88 Å². The summed E-state index contributed by atoms with van der Waals surface area (Å²) in [6, 6.07) is 9.68. The average molecular weight is 398 g/mol. The van der Waals surface area contributed by atoms with Crippen LogP contribution in [0.25, 0.3) is 10.4 Å². The van der Waals surface area contributed by atoms with E-state index >= 15 is 0 Å². The van der Waals surface area contributed by atoms with Crippen molar-refractivity contribution >= 4 is 32.7 Å². The zero-order chi connectivity index (χ0) is 17.9. The van der Waals surface area contributed by atoms with Gasteiger partial charge in [-0.05, 0) is 53.6 Å². The Bertz CT molecular complexity index is 949. The summed E-state index contributed by atoms with van der Waals surface area (Å²) in [6.07, 6.45) is 0.576. The quantitative estimate of drug-likeness (QED) is 0.652. The number of thiophene rings is 2. The molecule has 132 valence electrons. The number of hydrogen-bond acceptors (Lipinski definition) is 5. The molecule has 2 heterocycles. The molecule has 0 fully saturated rings. The molecular formula is C17H16FNO3S3. The first-order valence-electron chi connectivity index (χ1n) is 7.44. The normalized spacial score (nSPS) is 11.6. The van der Waals surface area contributed by atoms with Crippen LogP contribution in [0.4, 0.5) is 4.39 Å². The van der Waals surface area contributed by atoms with Crippen molar-refractivity contribution in [1.29, 1.82) is 0 Å². The van der Waals surface area contributed by atoms with E-state index < -0.39 is 15.8 Å². The zero-order valence-electron chi connectivity index (χ0n) is 13.4. The van der Waals surface area contributed by atoms with Crippen LogP contribution in [-0.2, 0) is 16.4 Å². The summed E-state index contributed by atoms with van der Waals surface area (Å²) < 4.78 is 45.5. The molecule has 0 spiro atoms. The lowest BCUT2D eigenvalue weighted by molar-refractivity contribution is 0.385. The molecule has 0 aliphatic heterocycles. The summed E-state index contributed by atoms with van der Waals surface area (Å²) in [5, 5.41) is 4.10. The molecule has 25 heavy (non-hydrogen) atoms. The molecule has 0 amide bonds. The van der Waals surface area contributed by atoms with Gasteiger partial charge in [0.15, 0.2) is 11.6 Å². The number of rotatable bonds is 7. The van der Waals surface area contributed by atoms with Gasteiger partial charge < -0.3 is 4.74 Å². The largest absolute Gasteiger partial charge is 0.494 e. The fraction of sp³-hybridized carbons (Fsp3) is 0.176. The van der Waals surface area contributed by atoms with Crippen LogP contribution < -0.4 is 9.46 Å². The molecule has 8 heteroatoms. The maximum absolute atomic E-state index is 13.7. The maximum atomic E-state index is 13.7. The predicted octanol–water partition coefficient (Wildman–Crippen LogP) is 4.15. The third-order valence-electron chi connectivity index (χ3n) is 3.56. The summed E-state index contributed by atoms with van der Waals surface area (Å²) in [5.41, 5.74) is 1.18. The van der Waals surface area contributed by atoms with E-state index in [1.54, 1.807) is 22.7 Å². The van der Waals surface area contributed by atoms with E-state index in [0.29, 0.717) is 6.42 Å². The van der Waals surface area contributed by atoms with Crippen LogP contribution in [0.15, 0.2) is 52.1 Å². The molecule has 0 aliphatic carbocycles. The first kappa shape index (κ1) is 18.1. The number of halogens is 1. The summed E-state index contributed by atoms with van der Waals surface area (Å²) in [7, 11) is -2.42. The molecular weight excluding hydrogens is 381 g/mol.